The van der Waals surface area contributed by atoms with Crippen LogP contribution < -0.4 is 16.0 Å². The Balaban J connectivity index is 2.45. The smallest absolute Gasteiger partial charge is 0.407 e. The Morgan fingerprint density at radius 2 is 1.90 bits per heavy atom. The molecule has 0 saturated heterocycles. The van der Waals surface area contributed by atoms with Crippen molar-refractivity contribution in [1.82, 2.24) is 20.9 Å². The summed E-state index contributed by atoms with van der Waals surface area (Å²) in [5.74, 6) is 0.265. The Bertz CT molecular complexity index is 712. The summed E-state index contributed by atoms with van der Waals surface area (Å²) in [5, 5.41) is 9.93. The fourth-order valence-corrected chi connectivity index (χ4v) is 3.21. The third-order valence-electron chi connectivity index (χ3n) is 3.54. The molecule has 10 heteroatoms. The second-order valence-corrected chi connectivity index (χ2v) is 8.36. The summed E-state index contributed by atoms with van der Waals surface area (Å²) in [4.78, 5) is 32.8. The van der Waals surface area contributed by atoms with E-state index in [4.69, 9.17) is 9.47 Å². The Labute approximate surface area is 176 Å². The lowest BCUT2D eigenvalue weighted by molar-refractivity contribution is 0.0518. The molecule has 9 nitrogen and oxygen atoms in total. The average molecular weight is 428 g/mol. The van der Waals surface area contributed by atoms with Crippen LogP contribution in [0.4, 0.5) is 4.79 Å². The highest BCUT2D eigenvalue weighted by Crippen LogP contribution is 2.24. The quantitative estimate of drug-likeness (QED) is 0.253. The van der Waals surface area contributed by atoms with Crippen LogP contribution in [0.25, 0.3) is 0 Å². The number of hydrogen-bond acceptors (Lipinski definition) is 7. The van der Waals surface area contributed by atoms with Crippen LogP contribution in [0.5, 0.6) is 0 Å². The number of amides is 1. The molecule has 0 spiro atoms. The summed E-state index contributed by atoms with van der Waals surface area (Å²) in [5.41, 5.74) is 0.152. The Morgan fingerprint density at radius 1 is 1.24 bits per heavy atom. The van der Waals surface area contributed by atoms with E-state index in [0.29, 0.717) is 42.6 Å². The lowest BCUT2D eigenvalue weighted by Crippen LogP contribution is -2.40. The van der Waals surface area contributed by atoms with Crippen molar-refractivity contribution in [3.8, 4) is 0 Å². The summed E-state index contributed by atoms with van der Waals surface area (Å²) in [6, 6.07) is -0.132. The minimum Gasteiger partial charge on any atom is -0.462 e. The Hall–Kier alpha value is -2.36. The van der Waals surface area contributed by atoms with Gasteiger partial charge >= 0.3 is 12.1 Å². The molecule has 164 valence electrons. The van der Waals surface area contributed by atoms with Gasteiger partial charge in [0.2, 0.25) is 0 Å². The molecule has 1 heterocycles. The maximum Gasteiger partial charge on any atom is 0.407 e. The molecular formula is C19H33N5O4S. The summed E-state index contributed by atoms with van der Waals surface area (Å²) in [6.07, 6.45) is 0.280. The first-order valence-electron chi connectivity index (χ1n) is 9.65. The van der Waals surface area contributed by atoms with Crippen LogP contribution >= 0.6 is 11.3 Å². The van der Waals surface area contributed by atoms with Crippen LogP contribution in [-0.4, -0.2) is 55.4 Å². The van der Waals surface area contributed by atoms with Gasteiger partial charge in [-0.25, -0.2) is 14.6 Å². The van der Waals surface area contributed by atoms with Crippen LogP contribution in [0.2, 0.25) is 0 Å². The second-order valence-electron chi connectivity index (χ2n) is 7.33. The first kappa shape index (κ1) is 24.7. The van der Waals surface area contributed by atoms with Gasteiger partial charge in [-0.15, -0.1) is 11.3 Å². The lowest BCUT2D eigenvalue weighted by Gasteiger charge is -2.20. The predicted octanol–water partition coefficient (Wildman–Crippen LogP) is 2.77. The minimum atomic E-state index is -0.508. The molecule has 1 unspecified atom stereocenters. The van der Waals surface area contributed by atoms with E-state index < -0.39 is 11.7 Å². The van der Waals surface area contributed by atoms with Crippen LogP contribution in [0.3, 0.4) is 0 Å². The number of aromatic nitrogens is 1. The maximum atomic E-state index is 12.0. The number of carbonyl (C=O) groups excluding carboxylic acids is 2. The SMILES string of the molecule is CCOC(=O)c1sc(C(C)NC(=NC)NCCCNC(=O)OC(C)(C)C)nc1C. The molecule has 0 fully saturated rings. The van der Waals surface area contributed by atoms with E-state index in [9.17, 15) is 9.59 Å². The molecule has 0 aliphatic heterocycles. The molecule has 1 atom stereocenters. The maximum absolute atomic E-state index is 12.0. The molecule has 0 saturated carbocycles. The van der Waals surface area contributed by atoms with Gasteiger partial charge in [-0.1, -0.05) is 0 Å². The van der Waals surface area contributed by atoms with Crippen LogP contribution in [-0.2, 0) is 9.47 Å². The number of carbonyl (C=O) groups is 2. The third kappa shape index (κ3) is 9.12. The van der Waals surface area contributed by atoms with Gasteiger partial charge in [-0.2, -0.15) is 0 Å². The first-order valence-corrected chi connectivity index (χ1v) is 10.5. The highest BCUT2D eigenvalue weighted by molar-refractivity contribution is 7.13. The molecule has 1 amide bonds. The number of thiazole rings is 1. The molecule has 29 heavy (non-hydrogen) atoms. The molecule has 0 aliphatic carbocycles. The number of aryl methyl sites for hydroxylation is 1. The van der Waals surface area contributed by atoms with Crippen molar-refractivity contribution in [2.75, 3.05) is 26.7 Å². The van der Waals surface area contributed by atoms with Gasteiger partial charge in [0.05, 0.1) is 18.3 Å². The van der Waals surface area contributed by atoms with Crippen LogP contribution in [0.1, 0.15) is 67.5 Å². The summed E-state index contributed by atoms with van der Waals surface area (Å²) in [7, 11) is 1.68. The summed E-state index contributed by atoms with van der Waals surface area (Å²) >= 11 is 1.32. The number of nitrogens with one attached hydrogen (secondary N) is 3. The second kappa shape index (κ2) is 11.6. The molecule has 1 aromatic rings. The van der Waals surface area contributed by atoms with Gasteiger partial charge in [-0.3, -0.25) is 4.99 Å². The number of alkyl carbamates (subject to hydrolysis) is 1. The van der Waals surface area contributed by atoms with E-state index in [1.807, 2.05) is 27.7 Å². The van der Waals surface area contributed by atoms with E-state index >= 15 is 0 Å². The molecule has 1 aromatic heterocycles. The van der Waals surface area contributed by atoms with Gasteiger partial charge in [0.1, 0.15) is 15.5 Å². The average Bonchev–Trinajstić information content (AvgIpc) is 3.01. The summed E-state index contributed by atoms with van der Waals surface area (Å²) < 4.78 is 10.2. The van der Waals surface area contributed by atoms with E-state index in [-0.39, 0.29) is 12.0 Å². The van der Waals surface area contributed by atoms with Gasteiger partial charge in [0.25, 0.3) is 0 Å². The van der Waals surface area contributed by atoms with Crippen molar-refractivity contribution in [3.63, 3.8) is 0 Å². The van der Waals surface area contributed by atoms with Gasteiger partial charge in [0, 0.05) is 20.1 Å². The largest absolute Gasteiger partial charge is 0.462 e. The first-order chi connectivity index (χ1) is 13.6. The summed E-state index contributed by atoms with van der Waals surface area (Å²) in [6.45, 7) is 12.4. The van der Waals surface area contributed by atoms with Gasteiger partial charge in [0.15, 0.2) is 5.96 Å². The number of rotatable bonds is 8. The van der Waals surface area contributed by atoms with Crippen molar-refractivity contribution < 1.29 is 19.1 Å². The van der Waals surface area contributed by atoms with Gasteiger partial charge < -0.3 is 25.4 Å². The molecule has 0 bridgehead atoms. The van der Waals surface area contributed by atoms with Crippen molar-refractivity contribution in [3.05, 3.63) is 15.6 Å². The van der Waals surface area contributed by atoms with Gasteiger partial charge in [-0.05, 0) is 48.0 Å². The Morgan fingerprint density at radius 3 is 2.48 bits per heavy atom. The van der Waals surface area contributed by atoms with Crippen molar-refractivity contribution in [2.45, 2.75) is 59.6 Å². The number of esters is 1. The van der Waals surface area contributed by atoms with E-state index in [0.717, 1.165) is 5.01 Å². The molecule has 1 rings (SSSR count). The number of guanidine groups is 1. The highest BCUT2D eigenvalue weighted by Gasteiger charge is 2.20. The number of aliphatic imine (C=N–C) groups is 1. The fraction of sp³-hybridized carbons (Fsp3) is 0.684. The number of ether oxygens (including phenoxy) is 2. The monoisotopic (exact) mass is 427 g/mol. The van der Waals surface area contributed by atoms with Crippen molar-refractivity contribution >= 4 is 29.4 Å². The number of hydrogen-bond donors (Lipinski definition) is 3. The molecule has 0 aliphatic rings. The van der Waals surface area contributed by atoms with Crippen molar-refractivity contribution in [2.24, 2.45) is 4.99 Å². The molecule has 3 N–H and O–H groups in total. The van der Waals surface area contributed by atoms with E-state index in [1.54, 1.807) is 20.9 Å². The minimum absolute atomic E-state index is 0.132. The van der Waals surface area contributed by atoms with Crippen LogP contribution in [0.15, 0.2) is 4.99 Å². The fourth-order valence-electron chi connectivity index (χ4n) is 2.25. The molecule has 0 aromatic carbocycles. The van der Waals surface area contributed by atoms with Crippen molar-refractivity contribution in [1.29, 1.82) is 0 Å². The standard InChI is InChI=1S/C19H33N5O4S/c1-8-27-16(25)14-12(2)23-15(29-14)13(3)24-17(20-7)21-10-9-11-22-18(26)28-19(4,5)6/h13H,8-11H2,1-7H3,(H,22,26)(H2,20,21,24). The highest BCUT2D eigenvalue weighted by atomic mass is 32.1. The zero-order valence-electron chi connectivity index (χ0n) is 18.3. The topological polar surface area (TPSA) is 114 Å². The van der Waals surface area contributed by atoms with E-state index in [1.165, 1.54) is 11.3 Å². The molecule has 0 radical (unpaired) electrons. The third-order valence-corrected chi connectivity index (χ3v) is 4.86. The molecular weight excluding hydrogens is 394 g/mol. The van der Waals surface area contributed by atoms with Crippen LogP contribution in [0, 0.1) is 6.92 Å². The predicted molar refractivity (Wildman–Crippen MR) is 115 cm³/mol. The number of nitrogens with zero attached hydrogens (tertiary/aromatic N) is 2. The lowest BCUT2D eigenvalue weighted by atomic mass is 10.2. The van der Waals surface area contributed by atoms with E-state index in [2.05, 4.69) is 25.9 Å². The zero-order chi connectivity index (χ0) is 22.0. The Kier molecular flexibility index (Phi) is 9.87. The zero-order valence-corrected chi connectivity index (χ0v) is 19.2. The normalized spacial score (nSPS) is 12.9.